The molecule has 1 unspecified atom stereocenters. The number of nitriles is 1. The van der Waals surface area contributed by atoms with Crippen LogP contribution in [0, 0.1) is 22.7 Å². The van der Waals surface area contributed by atoms with Crippen molar-refractivity contribution in [1.29, 1.82) is 5.26 Å². The molecule has 1 heterocycles. The average molecular weight is 222 g/mol. The fourth-order valence-corrected chi connectivity index (χ4v) is 1.90. The Hall–Kier alpha value is -1.34. The first-order valence-electron chi connectivity index (χ1n) is 5.50. The van der Waals surface area contributed by atoms with Crippen molar-refractivity contribution in [2.75, 3.05) is 13.1 Å². The lowest BCUT2D eigenvalue weighted by molar-refractivity contribution is -0.144. The molecule has 1 aliphatic rings. The second-order valence-electron chi connectivity index (χ2n) is 4.77. The van der Waals surface area contributed by atoms with E-state index in [4.69, 9.17) is 10.4 Å². The Bertz CT molecular complexity index is 333. The summed E-state index contributed by atoms with van der Waals surface area (Å²) in [6, 6.07) is 2.12. The highest BCUT2D eigenvalue weighted by Gasteiger charge is 2.28. The van der Waals surface area contributed by atoms with E-state index in [1.54, 1.807) is 19.9 Å². The van der Waals surface area contributed by atoms with E-state index in [1.165, 1.54) is 0 Å². The molecule has 4 heteroatoms. The van der Waals surface area contributed by atoms with Crippen molar-refractivity contribution in [2.45, 2.75) is 26.7 Å². The molecular formula is C12H18N2O2. The van der Waals surface area contributed by atoms with Gasteiger partial charge in [0, 0.05) is 6.54 Å². The summed E-state index contributed by atoms with van der Waals surface area (Å²) < 4.78 is 0. The van der Waals surface area contributed by atoms with Crippen LogP contribution in [-0.4, -0.2) is 24.2 Å². The van der Waals surface area contributed by atoms with Gasteiger partial charge in [-0.2, -0.15) is 5.26 Å². The van der Waals surface area contributed by atoms with Crippen molar-refractivity contribution in [3.63, 3.8) is 0 Å². The van der Waals surface area contributed by atoms with E-state index in [0.29, 0.717) is 12.3 Å². The first kappa shape index (κ1) is 12.7. The van der Waals surface area contributed by atoms with Gasteiger partial charge < -0.3 is 10.4 Å². The molecule has 0 aliphatic carbocycles. The van der Waals surface area contributed by atoms with Gasteiger partial charge in [-0.15, -0.1) is 0 Å². The number of carboxylic acid groups (broad SMARTS) is 1. The Labute approximate surface area is 96.0 Å². The SMILES string of the molecule is CC(C)(/C=C(/CC#N)C1CCNC1)C(=O)O. The molecule has 0 bridgehead atoms. The lowest BCUT2D eigenvalue weighted by atomic mass is 9.85. The molecule has 2 N–H and O–H groups in total. The van der Waals surface area contributed by atoms with Crippen molar-refractivity contribution in [3.05, 3.63) is 11.6 Å². The summed E-state index contributed by atoms with van der Waals surface area (Å²) in [7, 11) is 0. The van der Waals surface area contributed by atoms with Crippen molar-refractivity contribution >= 4 is 5.97 Å². The molecule has 1 saturated heterocycles. The van der Waals surface area contributed by atoms with Crippen molar-refractivity contribution in [1.82, 2.24) is 5.32 Å². The maximum atomic E-state index is 11.0. The maximum Gasteiger partial charge on any atom is 0.312 e. The molecule has 1 aliphatic heterocycles. The molecule has 0 amide bonds. The van der Waals surface area contributed by atoms with Gasteiger partial charge in [-0.05, 0) is 32.7 Å². The number of aliphatic carboxylic acids is 1. The molecule has 88 valence electrons. The molecule has 0 spiro atoms. The summed E-state index contributed by atoms with van der Waals surface area (Å²) in [4.78, 5) is 11.0. The van der Waals surface area contributed by atoms with E-state index in [1.807, 2.05) is 0 Å². The first-order valence-corrected chi connectivity index (χ1v) is 5.50. The summed E-state index contributed by atoms with van der Waals surface area (Å²) in [6.45, 7) is 5.12. The summed E-state index contributed by atoms with van der Waals surface area (Å²) in [5, 5.41) is 21.1. The van der Waals surface area contributed by atoms with Crippen LogP contribution < -0.4 is 5.32 Å². The van der Waals surface area contributed by atoms with Crippen LogP contribution in [0.2, 0.25) is 0 Å². The first-order chi connectivity index (χ1) is 7.47. The van der Waals surface area contributed by atoms with Crippen LogP contribution in [0.15, 0.2) is 11.6 Å². The average Bonchev–Trinajstić information content (AvgIpc) is 2.69. The van der Waals surface area contributed by atoms with Gasteiger partial charge in [0.15, 0.2) is 0 Å². The minimum absolute atomic E-state index is 0.318. The third-order valence-corrected chi connectivity index (χ3v) is 2.97. The van der Waals surface area contributed by atoms with E-state index < -0.39 is 11.4 Å². The second-order valence-corrected chi connectivity index (χ2v) is 4.77. The monoisotopic (exact) mass is 222 g/mol. The molecule has 1 atom stereocenters. The molecule has 0 saturated carbocycles. The van der Waals surface area contributed by atoms with Gasteiger partial charge in [-0.1, -0.05) is 11.6 Å². The Morgan fingerprint density at radius 1 is 1.69 bits per heavy atom. The van der Waals surface area contributed by atoms with Crippen LogP contribution in [0.25, 0.3) is 0 Å². The Balaban J connectivity index is 2.88. The highest BCUT2D eigenvalue weighted by atomic mass is 16.4. The van der Waals surface area contributed by atoms with Crippen molar-refractivity contribution < 1.29 is 9.90 Å². The molecule has 1 fully saturated rings. The standard InChI is InChI=1S/C12H18N2O2/c1-12(2,11(15)16)7-9(3-5-13)10-4-6-14-8-10/h7,10,14H,3-4,6,8H2,1-2H3,(H,15,16)/b9-7-. The highest BCUT2D eigenvalue weighted by Crippen LogP contribution is 2.27. The van der Waals surface area contributed by atoms with Gasteiger partial charge in [-0.3, -0.25) is 4.79 Å². The zero-order valence-corrected chi connectivity index (χ0v) is 9.79. The van der Waals surface area contributed by atoms with E-state index in [2.05, 4.69) is 11.4 Å². The van der Waals surface area contributed by atoms with E-state index in [0.717, 1.165) is 25.1 Å². The third kappa shape index (κ3) is 3.07. The number of carboxylic acids is 1. The maximum absolute atomic E-state index is 11.0. The van der Waals surface area contributed by atoms with E-state index >= 15 is 0 Å². The van der Waals surface area contributed by atoms with Gasteiger partial charge in [0.05, 0.1) is 17.9 Å². The van der Waals surface area contributed by atoms with Crippen molar-refractivity contribution in [2.24, 2.45) is 11.3 Å². The van der Waals surface area contributed by atoms with Crippen LogP contribution in [-0.2, 0) is 4.79 Å². The predicted molar refractivity (Wildman–Crippen MR) is 60.7 cm³/mol. The summed E-state index contributed by atoms with van der Waals surface area (Å²) in [6.07, 6.45) is 3.06. The quantitative estimate of drug-likeness (QED) is 0.708. The van der Waals surface area contributed by atoms with Gasteiger partial charge in [0.2, 0.25) is 0 Å². The number of rotatable bonds is 4. The van der Waals surface area contributed by atoms with Crippen LogP contribution in [0.4, 0.5) is 0 Å². The van der Waals surface area contributed by atoms with Crippen LogP contribution >= 0.6 is 0 Å². The van der Waals surface area contributed by atoms with Gasteiger partial charge >= 0.3 is 5.97 Å². The van der Waals surface area contributed by atoms with Gasteiger partial charge in [0.1, 0.15) is 0 Å². The molecular weight excluding hydrogens is 204 g/mol. The fraction of sp³-hybridized carbons (Fsp3) is 0.667. The lowest BCUT2D eigenvalue weighted by Crippen LogP contribution is -2.23. The Morgan fingerprint density at radius 2 is 2.38 bits per heavy atom. The number of nitrogens with one attached hydrogen (secondary N) is 1. The van der Waals surface area contributed by atoms with Crippen LogP contribution in [0.1, 0.15) is 26.7 Å². The summed E-state index contributed by atoms with van der Waals surface area (Å²) in [5.74, 6) is -0.535. The second kappa shape index (κ2) is 5.13. The number of nitrogens with zero attached hydrogens (tertiary/aromatic N) is 1. The zero-order valence-electron chi connectivity index (χ0n) is 9.79. The Morgan fingerprint density at radius 3 is 2.81 bits per heavy atom. The van der Waals surface area contributed by atoms with E-state index in [-0.39, 0.29) is 0 Å². The lowest BCUT2D eigenvalue weighted by Gasteiger charge is -2.19. The molecule has 16 heavy (non-hydrogen) atoms. The van der Waals surface area contributed by atoms with E-state index in [9.17, 15) is 4.79 Å². The molecule has 0 aromatic heterocycles. The third-order valence-electron chi connectivity index (χ3n) is 2.97. The fourth-order valence-electron chi connectivity index (χ4n) is 1.90. The predicted octanol–water partition coefficient (Wildman–Crippen LogP) is 1.55. The zero-order chi connectivity index (χ0) is 12.2. The summed E-state index contributed by atoms with van der Waals surface area (Å²) in [5.41, 5.74) is 0.0642. The summed E-state index contributed by atoms with van der Waals surface area (Å²) >= 11 is 0. The Kier molecular flexibility index (Phi) is 4.08. The number of carbonyl (C=O) groups is 1. The van der Waals surface area contributed by atoms with Gasteiger partial charge in [-0.25, -0.2) is 0 Å². The molecule has 1 rings (SSSR count). The normalized spacial score (nSPS) is 21.8. The highest BCUT2D eigenvalue weighted by molar-refractivity contribution is 5.76. The minimum atomic E-state index is -0.894. The minimum Gasteiger partial charge on any atom is -0.481 e. The molecule has 0 aromatic rings. The molecule has 0 aromatic carbocycles. The molecule has 0 radical (unpaired) electrons. The smallest absolute Gasteiger partial charge is 0.312 e. The largest absolute Gasteiger partial charge is 0.481 e. The molecule has 4 nitrogen and oxygen atoms in total. The number of hydrogen-bond acceptors (Lipinski definition) is 3. The van der Waals surface area contributed by atoms with Crippen LogP contribution in [0.3, 0.4) is 0 Å². The topological polar surface area (TPSA) is 73.1 Å². The van der Waals surface area contributed by atoms with Gasteiger partial charge in [0.25, 0.3) is 0 Å². The number of hydrogen-bond donors (Lipinski definition) is 2. The van der Waals surface area contributed by atoms with Crippen LogP contribution in [0.5, 0.6) is 0 Å². The van der Waals surface area contributed by atoms with Crippen molar-refractivity contribution in [3.8, 4) is 6.07 Å².